The highest BCUT2D eigenvalue weighted by atomic mass is 79.9. The second kappa shape index (κ2) is 21.1. The Hall–Kier alpha value is -3.01. The number of halogens is 5. The third kappa shape index (κ3) is 14.7. The molecule has 0 spiro atoms. The standard InChI is InChI=1S/C12H17ClN2O2.C9H10BrClN2O2.C9H10Cl2N2O2/c1-8(2)10-6-5-9(7-11(10)13)14-12(16)15(3)17-4;2*1-13(15-2)9(14)12-6-3-4-7(10)8(11)5-6/h5-8H,1-4H3,(H,14,16);2*3-5H,1-2H3,(H,12,14). The van der Waals surface area contributed by atoms with Crippen LogP contribution in [0.2, 0.25) is 20.1 Å². The summed E-state index contributed by atoms with van der Waals surface area (Å²) in [6, 6.07) is 14.3. The molecule has 3 aromatic carbocycles. The Balaban J connectivity index is 0.000000353. The van der Waals surface area contributed by atoms with Crippen LogP contribution in [-0.2, 0) is 14.5 Å². The van der Waals surface area contributed by atoms with Gasteiger partial charge in [0.05, 0.1) is 36.4 Å². The van der Waals surface area contributed by atoms with Crippen molar-refractivity contribution in [2.75, 3.05) is 58.4 Å². The number of hydrogen-bond donors (Lipinski definition) is 3. The number of amides is 6. The van der Waals surface area contributed by atoms with Crippen LogP contribution < -0.4 is 16.0 Å². The summed E-state index contributed by atoms with van der Waals surface area (Å²) in [5.74, 6) is 0.355. The number of benzene rings is 3. The first kappa shape index (κ1) is 42.0. The molecule has 0 bridgehead atoms. The van der Waals surface area contributed by atoms with Gasteiger partial charge in [-0.15, -0.1) is 0 Å². The maximum absolute atomic E-state index is 11.5. The highest BCUT2D eigenvalue weighted by molar-refractivity contribution is 9.10. The van der Waals surface area contributed by atoms with Gasteiger partial charge in [-0.25, -0.2) is 29.6 Å². The Kier molecular flexibility index (Phi) is 18.8. The minimum atomic E-state index is -0.393. The van der Waals surface area contributed by atoms with E-state index in [1.165, 1.54) is 42.5 Å². The number of hydrogen-bond acceptors (Lipinski definition) is 6. The van der Waals surface area contributed by atoms with Crippen LogP contribution in [0.15, 0.2) is 59.1 Å². The summed E-state index contributed by atoms with van der Waals surface area (Å²) in [6.07, 6.45) is 0. The molecular formula is C30H37BrCl4N6O6. The lowest BCUT2D eigenvalue weighted by Crippen LogP contribution is -2.30. The first-order chi connectivity index (χ1) is 22.0. The van der Waals surface area contributed by atoms with Crippen molar-refractivity contribution in [1.82, 2.24) is 15.2 Å². The van der Waals surface area contributed by atoms with Crippen molar-refractivity contribution in [3.05, 3.63) is 84.7 Å². The fourth-order valence-corrected chi connectivity index (χ4v) is 4.20. The zero-order valence-electron chi connectivity index (χ0n) is 27.0. The predicted octanol–water partition coefficient (Wildman–Crippen LogP) is 9.63. The van der Waals surface area contributed by atoms with Gasteiger partial charge in [-0.2, -0.15) is 0 Å². The third-order valence-corrected chi connectivity index (χ3v) is 8.19. The van der Waals surface area contributed by atoms with E-state index in [9.17, 15) is 14.4 Å². The molecule has 3 aromatic rings. The van der Waals surface area contributed by atoms with Gasteiger partial charge in [0, 0.05) is 47.7 Å². The Morgan fingerprint density at radius 3 is 1.30 bits per heavy atom. The maximum Gasteiger partial charge on any atom is 0.345 e. The van der Waals surface area contributed by atoms with Crippen LogP contribution in [0.25, 0.3) is 0 Å². The SMILES string of the molecule is CON(C)C(=O)Nc1ccc(Br)c(Cl)c1.CON(C)C(=O)Nc1ccc(C(C)C)c(Cl)c1.CON(C)C(=O)Nc1ccc(Cl)c(Cl)c1. The van der Waals surface area contributed by atoms with E-state index in [1.807, 2.05) is 12.1 Å². The van der Waals surface area contributed by atoms with Crippen LogP contribution in [0.4, 0.5) is 31.4 Å². The lowest BCUT2D eigenvalue weighted by molar-refractivity contribution is -0.0598. The molecule has 0 fully saturated rings. The number of anilines is 3. The molecule has 3 rings (SSSR count). The molecule has 12 nitrogen and oxygen atoms in total. The quantitative estimate of drug-likeness (QED) is 0.205. The third-order valence-electron chi connectivity index (χ3n) is 5.90. The van der Waals surface area contributed by atoms with Crippen molar-refractivity contribution < 1.29 is 28.9 Å². The van der Waals surface area contributed by atoms with E-state index in [0.717, 1.165) is 25.2 Å². The average Bonchev–Trinajstić information content (AvgIpc) is 3.03. The van der Waals surface area contributed by atoms with Crippen LogP contribution in [-0.4, -0.2) is 75.8 Å². The molecule has 0 saturated heterocycles. The molecule has 3 N–H and O–H groups in total. The molecule has 6 amide bonds. The maximum atomic E-state index is 11.5. The van der Waals surface area contributed by atoms with Crippen LogP contribution >= 0.6 is 62.3 Å². The highest BCUT2D eigenvalue weighted by Crippen LogP contribution is 2.28. The molecule has 0 radical (unpaired) electrons. The fourth-order valence-electron chi connectivity index (χ4n) is 3.08. The number of urea groups is 3. The summed E-state index contributed by atoms with van der Waals surface area (Å²) in [7, 11) is 8.76. The summed E-state index contributed by atoms with van der Waals surface area (Å²) >= 11 is 26.8. The largest absolute Gasteiger partial charge is 0.345 e. The van der Waals surface area contributed by atoms with E-state index in [1.54, 1.807) is 42.5 Å². The second-order valence-electron chi connectivity index (χ2n) is 9.48. The summed E-state index contributed by atoms with van der Waals surface area (Å²) in [5.41, 5.74) is 2.87. The van der Waals surface area contributed by atoms with E-state index in [-0.39, 0.29) is 12.1 Å². The zero-order chi connectivity index (χ0) is 35.8. The lowest BCUT2D eigenvalue weighted by atomic mass is 10.0. The number of hydroxylamine groups is 6. The van der Waals surface area contributed by atoms with E-state index < -0.39 is 6.03 Å². The van der Waals surface area contributed by atoms with Crippen molar-refractivity contribution in [3.63, 3.8) is 0 Å². The molecular weight excluding hydrogens is 762 g/mol. The van der Waals surface area contributed by atoms with Crippen LogP contribution in [0.5, 0.6) is 0 Å². The first-order valence-corrected chi connectivity index (χ1v) is 15.8. The lowest BCUT2D eigenvalue weighted by Gasteiger charge is -2.15. The van der Waals surface area contributed by atoms with Crippen molar-refractivity contribution in [2.24, 2.45) is 0 Å². The normalized spacial score (nSPS) is 10.1. The van der Waals surface area contributed by atoms with E-state index in [2.05, 4.69) is 45.7 Å². The van der Waals surface area contributed by atoms with Crippen LogP contribution in [0, 0.1) is 0 Å². The number of carbonyl (C=O) groups excluding carboxylic acids is 3. The number of nitrogens with zero attached hydrogens (tertiary/aromatic N) is 3. The smallest absolute Gasteiger partial charge is 0.306 e. The van der Waals surface area contributed by atoms with E-state index >= 15 is 0 Å². The van der Waals surface area contributed by atoms with Crippen molar-refractivity contribution >= 4 is 97.5 Å². The number of carbonyl (C=O) groups is 3. The topological polar surface area (TPSA) is 125 Å². The van der Waals surface area contributed by atoms with Gasteiger partial charge in [-0.1, -0.05) is 66.3 Å². The number of rotatable bonds is 7. The predicted molar refractivity (Wildman–Crippen MR) is 193 cm³/mol. The van der Waals surface area contributed by atoms with Crippen molar-refractivity contribution in [1.29, 1.82) is 0 Å². The Labute approximate surface area is 303 Å². The summed E-state index contributed by atoms with van der Waals surface area (Å²) in [6.45, 7) is 4.14. The van der Waals surface area contributed by atoms with Gasteiger partial charge in [-0.05, 0) is 75.9 Å². The van der Waals surface area contributed by atoms with Crippen LogP contribution in [0.3, 0.4) is 0 Å². The first-order valence-electron chi connectivity index (χ1n) is 13.5. The van der Waals surface area contributed by atoms with E-state index in [0.29, 0.717) is 43.1 Å². The monoisotopic (exact) mass is 796 g/mol. The molecule has 0 atom stereocenters. The van der Waals surface area contributed by atoms with Gasteiger partial charge >= 0.3 is 18.1 Å². The molecule has 47 heavy (non-hydrogen) atoms. The van der Waals surface area contributed by atoms with Gasteiger partial charge in [-0.3, -0.25) is 14.5 Å². The summed E-state index contributed by atoms with van der Waals surface area (Å²) in [4.78, 5) is 48.4. The van der Waals surface area contributed by atoms with Gasteiger partial charge < -0.3 is 16.0 Å². The fraction of sp³-hybridized carbons (Fsp3) is 0.300. The van der Waals surface area contributed by atoms with Gasteiger partial charge in [0.2, 0.25) is 0 Å². The molecule has 258 valence electrons. The molecule has 0 aromatic heterocycles. The average molecular weight is 799 g/mol. The van der Waals surface area contributed by atoms with Crippen molar-refractivity contribution in [3.8, 4) is 0 Å². The molecule has 0 aliphatic carbocycles. The number of nitrogens with one attached hydrogen (secondary N) is 3. The molecule has 0 unspecified atom stereocenters. The van der Waals surface area contributed by atoms with Crippen molar-refractivity contribution in [2.45, 2.75) is 19.8 Å². The molecule has 0 saturated carbocycles. The van der Waals surface area contributed by atoms with Gasteiger partial charge in [0.15, 0.2) is 0 Å². The Morgan fingerprint density at radius 1 is 0.596 bits per heavy atom. The second-order valence-corrected chi connectivity index (χ2v) is 12.0. The van der Waals surface area contributed by atoms with Crippen LogP contribution in [0.1, 0.15) is 25.3 Å². The summed E-state index contributed by atoms with van der Waals surface area (Å²) < 4.78 is 0.780. The minimum absolute atomic E-state index is 0.346. The van der Waals surface area contributed by atoms with Gasteiger partial charge in [0.1, 0.15) is 0 Å². The van der Waals surface area contributed by atoms with Gasteiger partial charge in [0.25, 0.3) is 0 Å². The van der Waals surface area contributed by atoms with E-state index in [4.69, 9.17) is 60.9 Å². The zero-order valence-corrected chi connectivity index (χ0v) is 31.6. The molecule has 0 aliphatic rings. The molecule has 17 heteroatoms. The highest BCUT2D eigenvalue weighted by Gasteiger charge is 2.11. The Bertz CT molecular complexity index is 1430. The molecule has 0 aliphatic heterocycles. The molecule has 0 heterocycles. The minimum Gasteiger partial charge on any atom is -0.306 e. The summed E-state index contributed by atoms with van der Waals surface area (Å²) in [5, 5.41) is 13.1. The Morgan fingerprint density at radius 2 is 0.957 bits per heavy atom.